The largest absolute Gasteiger partial charge is 0.469 e. The summed E-state index contributed by atoms with van der Waals surface area (Å²) in [6.07, 6.45) is 22.8. The van der Waals surface area contributed by atoms with E-state index in [4.69, 9.17) is 38.8 Å². The number of methoxy groups -OCH3 is 2. The molecule has 0 aromatic carbocycles. The number of rotatable bonds is 8. The van der Waals surface area contributed by atoms with Gasteiger partial charge in [-0.1, -0.05) is 41.5 Å². The average molecular weight is 1090 g/mol. The average Bonchev–Trinajstić information content (AvgIpc) is 2.97. The smallest absolute Gasteiger partial charge is 0.351 e. The molecule has 12 aliphatic rings. The van der Waals surface area contributed by atoms with Crippen molar-refractivity contribution >= 4 is 23.9 Å². The molecule has 8 aliphatic carbocycles. The number of nitrogens with zero attached hydrogens (tertiary/aromatic N) is 6. The molecule has 2 aromatic rings. The molecule has 14 rings (SSSR count). The number of hydrogen-bond donors (Lipinski definition) is 0. The molecule has 4 aliphatic heterocycles. The summed E-state index contributed by atoms with van der Waals surface area (Å²) in [7, 11) is 6.82. The lowest BCUT2D eigenvalue weighted by Gasteiger charge is -2.63. The van der Waals surface area contributed by atoms with Gasteiger partial charge in [-0.25, -0.2) is 9.59 Å². The number of fused-ring (bicyclic) bond motifs is 4. The summed E-state index contributed by atoms with van der Waals surface area (Å²) in [5, 5.41) is 9.63. The standard InChI is InChI=1S/C62H96N6O10/c1-37(11-21-55(69)73-9)47-17-19-49-45-15-13-39-27-43-23-25-59(39,3)51(45)29-53(61(47,49)5)77-57(71)33-67-31-41(65(7)63-67)35-76-44-24-26-60(4)40(28-44)14-16-46-50-20-18-48(38(2)12-22-56(70)74-10)62(50,6)54(30-52(46)60)78-58(72)34-68-32-42(36-75-43)66(8)64-68/h31-32,37-40,43-54H,11-30,33-36H2,1-10H3/q+2/t37-,38-,39-,40-,43-,44-,45+,46+,47-,48-,49+,50+,51+,52+,53+,54+,59+,60+,61-,62-/m1/s1. The summed E-state index contributed by atoms with van der Waals surface area (Å²) in [4.78, 5) is 53.8. The van der Waals surface area contributed by atoms with E-state index in [0.717, 1.165) is 101 Å². The van der Waals surface area contributed by atoms with E-state index in [1.807, 2.05) is 35.9 Å². The second kappa shape index (κ2) is 21.8. The minimum absolute atomic E-state index is 0.0349. The zero-order valence-electron chi connectivity index (χ0n) is 49.1. The van der Waals surface area contributed by atoms with Crippen molar-refractivity contribution in [2.75, 3.05) is 14.2 Å². The van der Waals surface area contributed by atoms with Gasteiger partial charge in [0, 0.05) is 23.7 Å². The Balaban J connectivity index is 0.871. The fraction of sp³-hybridized carbons (Fsp3) is 0.871. The van der Waals surface area contributed by atoms with Crippen molar-refractivity contribution in [1.29, 1.82) is 0 Å². The molecule has 0 unspecified atom stereocenters. The van der Waals surface area contributed by atoms with Gasteiger partial charge in [0.05, 0.1) is 36.9 Å². The molecule has 20 atom stereocenters. The van der Waals surface area contributed by atoms with Gasteiger partial charge in [0.25, 0.3) is 0 Å². The maximum Gasteiger partial charge on any atom is 0.351 e. The Kier molecular flexibility index (Phi) is 15.6. The molecular formula is C62H96N6O10+2. The SMILES string of the molecule is COC(=O)CC[C@@H](C)[C@H]1CC[C@H]2[C@@H]3CC[C@@H]4C[C@H]5CC[C@]4(C)[C@H]3C[C@H](OC(=O)C[n+]3cc(n(C)n3)CO[C@@H]3CC[C@@]4(C)[C@H](CC[C@@H]6[C@@H]4C[C@H](OC(=O)C[n+]4cc(n(C)n4)CO5)[C@]4(C)[C@@H]([C@H](C)CCC(=O)OC)CC[C@@H]64)C3)[C@]12C. The lowest BCUT2D eigenvalue weighted by atomic mass is 9.43. The summed E-state index contributed by atoms with van der Waals surface area (Å²) in [6, 6.07) is 0. The van der Waals surface area contributed by atoms with Crippen molar-refractivity contribution in [2.24, 2.45) is 107 Å². The van der Waals surface area contributed by atoms with Crippen LogP contribution in [-0.4, -0.2) is 82.3 Å². The van der Waals surface area contributed by atoms with E-state index in [-0.39, 0.29) is 94.9 Å². The second-order valence-electron chi connectivity index (χ2n) is 28.1. The minimum Gasteiger partial charge on any atom is -0.469 e. The molecule has 6 heterocycles. The molecule has 16 nitrogen and oxygen atoms in total. The van der Waals surface area contributed by atoms with Gasteiger partial charge >= 0.3 is 23.9 Å². The Morgan fingerprint density at radius 1 is 0.603 bits per heavy atom. The highest BCUT2D eigenvalue weighted by Crippen LogP contribution is 2.71. The Hall–Kier alpha value is -3.92. The number of carbonyl (C=O) groups is 4. The van der Waals surface area contributed by atoms with E-state index in [1.54, 1.807) is 9.36 Å². The first kappa shape index (κ1) is 56.0. The van der Waals surface area contributed by atoms with Gasteiger partial charge in [-0.05, 0) is 197 Å². The maximum atomic E-state index is 14.5. The molecule has 8 fully saturated rings. The normalized spacial score (nSPS) is 42.3. The molecule has 14 bridgehead atoms. The Labute approximate surface area is 464 Å². The molecule has 8 saturated carbocycles. The quantitative estimate of drug-likeness (QED) is 0.140. The van der Waals surface area contributed by atoms with Crippen LogP contribution in [0.3, 0.4) is 0 Å². The van der Waals surface area contributed by atoms with Gasteiger partial charge in [-0.15, -0.1) is 18.7 Å². The van der Waals surface area contributed by atoms with Gasteiger partial charge < -0.3 is 28.4 Å². The molecule has 0 N–H and O–H groups in total. The number of esters is 4. The number of hydrogen-bond acceptors (Lipinski definition) is 12. The fourth-order valence-corrected chi connectivity index (χ4v) is 20.7. The highest BCUT2D eigenvalue weighted by molar-refractivity contribution is 5.69. The predicted molar refractivity (Wildman–Crippen MR) is 286 cm³/mol. The zero-order chi connectivity index (χ0) is 55.1. The van der Waals surface area contributed by atoms with E-state index in [9.17, 15) is 19.2 Å². The van der Waals surface area contributed by atoms with Crippen LogP contribution < -0.4 is 9.36 Å². The molecule has 0 radical (unpaired) electrons. The van der Waals surface area contributed by atoms with E-state index >= 15 is 0 Å². The Morgan fingerprint density at radius 3 is 1.41 bits per heavy atom. The Bertz CT molecular complexity index is 2380. The molecule has 432 valence electrons. The summed E-state index contributed by atoms with van der Waals surface area (Å²) in [6.45, 7) is 15.5. The van der Waals surface area contributed by atoms with Crippen molar-refractivity contribution in [3.8, 4) is 0 Å². The molecule has 78 heavy (non-hydrogen) atoms. The first-order chi connectivity index (χ1) is 37.3. The van der Waals surface area contributed by atoms with Crippen LogP contribution in [0.4, 0.5) is 0 Å². The summed E-state index contributed by atoms with van der Waals surface area (Å²) < 4.78 is 44.9. The van der Waals surface area contributed by atoms with Crippen LogP contribution >= 0.6 is 0 Å². The van der Waals surface area contributed by atoms with E-state index in [2.05, 4.69) is 41.5 Å². The van der Waals surface area contributed by atoms with E-state index < -0.39 is 0 Å². The third kappa shape index (κ3) is 9.87. The van der Waals surface area contributed by atoms with Crippen molar-refractivity contribution in [2.45, 2.75) is 221 Å². The van der Waals surface area contributed by atoms with Crippen LogP contribution in [0.1, 0.15) is 181 Å². The first-order valence-electron chi connectivity index (χ1n) is 30.9. The Morgan fingerprint density at radius 2 is 1.01 bits per heavy atom. The van der Waals surface area contributed by atoms with Crippen molar-refractivity contribution in [3.05, 3.63) is 23.8 Å². The van der Waals surface area contributed by atoms with Crippen LogP contribution in [0.5, 0.6) is 0 Å². The summed E-state index contributed by atoms with van der Waals surface area (Å²) in [5.41, 5.74) is 1.62. The number of aromatic nitrogens is 6. The van der Waals surface area contributed by atoms with E-state index in [1.165, 1.54) is 39.9 Å². The van der Waals surface area contributed by atoms with Gasteiger partial charge in [0.1, 0.15) is 39.5 Å². The summed E-state index contributed by atoms with van der Waals surface area (Å²) >= 11 is 0. The van der Waals surface area contributed by atoms with Crippen molar-refractivity contribution < 1.29 is 57.0 Å². The van der Waals surface area contributed by atoms with Crippen molar-refractivity contribution in [1.82, 2.24) is 19.8 Å². The van der Waals surface area contributed by atoms with Crippen molar-refractivity contribution in [3.63, 3.8) is 0 Å². The predicted octanol–water partition coefficient (Wildman–Crippen LogP) is 8.75. The number of carbonyl (C=O) groups excluding carboxylic acids is 4. The fourth-order valence-electron chi connectivity index (χ4n) is 20.7. The highest BCUT2D eigenvalue weighted by Gasteiger charge is 2.67. The number of aryl methyl sites for hydroxylation is 2. The number of ether oxygens (including phenoxy) is 6. The van der Waals surface area contributed by atoms with Gasteiger partial charge in [0.2, 0.25) is 13.1 Å². The first-order valence-corrected chi connectivity index (χ1v) is 30.9. The molecule has 2 aromatic heterocycles. The van der Waals surface area contributed by atoms with E-state index in [0.29, 0.717) is 85.2 Å². The highest BCUT2D eigenvalue weighted by atomic mass is 16.6. The van der Waals surface area contributed by atoms with Gasteiger partial charge in [-0.3, -0.25) is 9.59 Å². The van der Waals surface area contributed by atoms with Gasteiger partial charge in [0.15, 0.2) is 23.8 Å². The lowest BCUT2D eigenvalue weighted by Crippen LogP contribution is -2.60. The molecule has 0 amide bonds. The third-order valence-corrected chi connectivity index (χ3v) is 25.0. The van der Waals surface area contributed by atoms with Crippen LogP contribution in [0, 0.1) is 92.7 Å². The molecule has 0 saturated heterocycles. The van der Waals surface area contributed by atoms with Crippen LogP contribution in [0.15, 0.2) is 12.4 Å². The monoisotopic (exact) mass is 1080 g/mol. The van der Waals surface area contributed by atoms with Crippen LogP contribution in [0.2, 0.25) is 0 Å². The van der Waals surface area contributed by atoms with Crippen LogP contribution in [-0.2, 0) is 88.0 Å². The third-order valence-electron chi connectivity index (χ3n) is 25.0. The minimum atomic E-state index is -0.241. The second-order valence-corrected chi connectivity index (χ2v) is 28.1. The molecular weight excluding hydrogens is 989 g/mol. The summed E-state index contributed by atoms with van der Waals surface area (Å²) in [5.74, 6) is 4.23. The maximum absolute atomic E-state index is 14.5. The topological polar surface area (TPSA) is 167 Å². The zero-order valence-corrected chi connectivity index (χ0v) is 49.1. The van der Waals surface area contributed by atoms with Crippen LogP contribution in [0.25, 0.3) is 0 Å². The van der Waals surface area contributed by atoms with Gasteiger partial charge in [-0.2, -0.15) is 0 Å². The lowest BCUT2D eigenvalue weighted by molar-refractivity contribution is -0.745. The molecule has 0 spiro atoms. The molecule has 16 heteroatoms.